The first-order chi connectivity index (χ1) is 8.24. The first-order valence-corrected chi connectivity index (χ1v) is 5.73. The van der Waals surface area contributed by atoms with E-state index in [1.54, 1.807) is 0 Å². The summed E-state index contributed by atoms with van der Waals surface area (Å²) in [7, 11) is 0. The van der Waals surface area contributed by atoms with E-state index >= 15 is 0 Å². The smallest absolute Gasteiger partial charge is 0.404 e. The molecule has 0 unspecified atom stereocenters. The minimum absolute atomic E-state index is 0.00648. The lowest BCUT2D eigenvalue weighted by atomic mass is 9.86. The maximum Gasteiger partial charge on any atom is 0.404 e. The van der Waals surface area contributed by atoms with Crippen molar-refractivity contribution in [1.82, 2.24) is 5.32 Å². The summed E-state index contributed by atoms with van der Waals surface area (Å²) in [5.41, 5.74) is 2.48. The lowest BCUT2D eigenvalue weighted by molar-refractivity contribution is 0.189. The molecule has 0 aromatic heterocycles. The highest BCUT2D eigenvalue weighted by Gasteiger charge is 2.21. The lowest BCUT2D eigenvalue weighted by Crippen LogP contribution is -2.38. The Labute approximate surface area is 99.1 Å². The maximum atomic E-state index is 10.7. The van der Waals surface area contributed by atoms with Crippen LogP contribution >= 0.6 is 0 Å². The molecule has 0 saturated carbocycles. The molecule has 1 aliphatic carbocycles. The second kappa shape index (κ2) is 3.77. The number of hydrogen-bond acceptors (Lipinski definition) is 1. The van der Waals surface area contributed by atoms with Crippen molar-refractivity contribution in [2.24, 2.45) is 0 Å². The predicted octanol–water partition coefficient (Wildman–Crippen LogP) is 2.57. The largest absolute Gasteiger partial charge is 0.465 e. The zero-order valence-corrected chi connectivity index (χ0v) is 9.31. The van der Waals surface area contributed by atoms with Crippen LogP contribution in [0.5, 0.6) is 0 Å². The van der Waals surface area contributed by atoms with Gasteiger partial charge in [-0.05, 0) is 34.7 Å². The minimum atomic E-state index is -0.943. The number of rotatable bonds is 1. The average Bonchev–Trinajstić information content (AvgIpc) is 2.28. The molecular weight excluding hydrogens is 214 g/mol. The molecule has 2 aromatic carbocycles. The second-order valence-electron chi connectivity index (χ2n) is 4.49. The molecule has 0 atom stereocenters. The van der Waals surface area contributed by atoms with Crippen LogP contribution in [-0.4, -0.2) is 17.2 Å². The van der Waals surface area contributed by atoms with E-state index in [4.69, 9.17) is 5.11 Å². The van der Waals surface area contributed by atoms with Crippen LogP contribution in [0.15, 0.2) is 36.4 Å². The Kier molecular flexibility index (Phi) is 2.25. The van der Waals surface area contributed by atoms with Crippen LogP contribution in [0.2, 0.25) is 0 Å². The highest BCUT2D eigenvalue weighted by Crippen LogP contribution is 2.29. The Morgan fingerprint density at radius 2 is 1.71 bits per heavy atom. The monoisotopic (exact) mass is 227 g/mol. The van der Waals surface area contributed by atoms with Gasteiger partial charge in [0.05, 0.1) is 0 Å². The molecule has 0 fully saturated rings. The van der Waals surface area contributed by atoms with E-state index in [2.05, 4.69) is 29.6 Å². The summed E-state index contributed by atoms with van der Waals surface area (Å²) in [6.45, 7) is 0. The maximum absolute atomic E-state index is 10.7. The third kappa shape index (κ3) is 1.73. The topological polar surface area (TPSA) is 49.3 Å². The lowest BCUT2D eigenvalue weighted by Gasteiger charge is -2.25. The van der Waals surface area contributed by atoms with Crippen LogP contribution in [0.3, 0.4) is 0 Å². The van der Waals surface area contributed by atoms with Crippen LogP contribution < -0.4 is 5.32 Å². The normalized spacial score (nSPS) is 14.8. The summed E-state index contributed by atoms with van der Waals surface area (Å²) < 4.78 is 0. The van der Waals surface area contributed by atoms with Crippen molar-refractivity contribution in [3.8, 4) is 0 Å². The SMILES string of the molecule is O=C(O)NC1Cc2cccc3cccc(c23)C1. The standard InChI is InChI=1S/C14H13NO2/c16-14(17)15-12-7-10-5-1-3-9-4-2-6-11(8-12)13(9)10/h1-6,12,15H,7-8H2,(H,16,17). The zero-order valence-electron chi connectivity index (χ0n) is 9.31. The van der Waals surface area contributed by atoms with E-state index in [1.807, 2.05) is 12.1 Å². The predicted molar refractivity (Wildman–Crippen MR) is 66.3 cm³/mol. The summed E-state index contributed by atoms with van der Waals surface area (Å²) in [5, 5.41) is 13.9. The molecule has 0 heterocycles. The van der Waals surface area contributed by atoms with Gasteiger partial charge in [0.2, 0.25) is 0 Å². The molecule has 1 amide bonds. The van der Waals surface area contributed by atoms with Crippen molar-refractivity contribution in [1.29, 1.82) is 0 Å². The van der Waals surface area contributed by atoms with Gasteiger partial charge >= 0.3 is 6.09 Å². The van der Waals surface area contributed by atoms with Crippen LogP contribution in [-0.2, 0) is 12.8 Å². The van der Waals surface area contributed by atoms with Gasteiger partial charge in [0, 0.05) is 6.04 Å². The Morgan fingerprint density at radius 1 is 1.12 bits per heavy atom. The highest BCUT2D eigenvalue weighted by atomic mass is 16.4. The molecule has 0 aliphatic heterocycles. The zero-order chi connectivity index (χ0) is 11.8. The second-order valence-corrected chi connectivity index (χ2v) is 4.49. The van der Waals surface area contributed by atoms with E-state index in [0.717, 1.165) is 12.8 Å². The van der Waals surface area contributed by atoms with Crippen LogP contribution in [0.1, 0.15) is 11.1 Å². The van der Waals surface area contributed by atoms with Gasteiger partial charge < -0.3 is 10.4 Å². The van der Waals surface area contributed by atoms with Crippen molar-refractivity contribution in [2.75, 3.05) is 0 Å². The molecule has 3 rings (SSSR count). The molecular formula is C14H13NO2. The average molecular weight is 227 g/mol. The molecule has 86 valence electrons. The Bertz CT molecular complexity index is 551. The third-order valence-corrected chi connectivity index (χ3v) is 3.34. The van der Waals surface area contributed by atoms with Gasteiger partial charge in [-0.25, -0.2) is 4.79 Å². The number of carbonyl (C=O) groups is 1. The fraction of sp³-hybridized carbons (Fsp3) is 0.214. The van der Waals surface area contributed by atoms with Crippen LogP contribution in [0, 0.1) is 0 Å². The van der Waals surface area contributed by atoms with Crippen molar-refractivity contribution >= 4 is 16.9 Å². The van der Waals surface area contributed by atoms with Crippen molar-refractivity contribution in [2.45, 2.75) is 18.9 Å². The Morgan fingerprint density at radius 3 is 2.24 bits per heavy atom. The van der Waals surface area contributed by atoms with Gasteiger partial charge in [-0.2, -0.15) is 0 Å². The molecule has 3 heteroatoms. The molecule has 0 radical (unpaired) electrons. The van der Waals surface area contributed by atoms with Gasteiger partial charge in [0.15, 0.2) is 0 Å². The van der Waals surface area contributed by atoms with E-state index in [1.165, 1.54) is 21.9 Å². The number of nitrogens with one attached hydrogen (secondary N) is 1. The van der Waals surface area contributed by atoms with Gasteiger partial charge in [0.1, 0.15) is 0 Å². The Balaban J connectivity index is 2.07. The number of amides is 1. The quantitative estimate of drug-likeness (QED) is 0.786. The summed E-state index contributed by atoms with van der Waals surface area (Å²) >= 11 is 0. The van der Waals surface area contributed by atoms with E-state index in [-0.39, 0.29) is 6.04 Å². The van der Waals surface area contributed by atoms with Crippen LogP contribution in [0.25, 0.3) is 10.8 Å². The van der Waals surface area contributed by atoms with Gasteiger partial charge in [-0.3, -0.25) is 0 Å². The minimum Gasteiger partial charge on any atom is -0.465 e. The first kappa shape index (κ1) is 10.1. The fourth-order valence-electron chi connectivity index (χ4n) is 2.72. The summed E-state index contributed by atoms with van der Waals surface area (Å²) in [5.74, 6) is 0. The van der Waals surface area contributed by atoms with Gasteiger partial charge in [0.25, 0.3) is 0 Å². The number of benzene rings is 2. The van der Waals surface area contributed by atoms with Crippen molar-refractivity contribution in [3.05, 3.63) is 47.5 Å². The number of hydrogen-bond donors (Lipinski definition) is 2. The fourth-order valence-corrected chi connectivity index (χ4v) is 2.72. The molecule has 1 aliphatic rings. The van der Waals surface area contributed by atoms with Crippen molar-refractivity contribution < 1.29 is 9.90 Å². The number of carboxylic acid groups (broad SMARTS) is 1. The summed E-state index contributed by atoms with van der Waals surface area (Å²) in [6.07, 6.45) is 0.614. The van der Waals surface area contributed by atoms with Crippen LogP contribution in [0.4, 0.5) is 4.79 Å². The van der Waals surface area contributed by atoms with E-state index in [9.17, 15) is 4.79 Å². The van der Waals surface area contributed by atoms with Crippen molar-refractivity contribution in [3.63, 3.8) is 0 Å². The molecule has 0 bridgehead atoms. The molecule has 2 N–H and O–H groups in total. The van der Waals surface area contributed by atoms with Gasteiger partial charge in [-0.1, -0.05) is 36.4 Å². The first-order valence-electron chi connectivity index (χ1n) is 5.73. The third-order valence-electron chi connectivity index (χ3n) is 3.34. The molecule has 0 spiro atoms. The molecule has 3 nitrogen and oxygen atoms in total. The molecule has 0 saturated heterocycles. The van der Waals surface area contributed by atoms with E-state index in [0.29, 0.717) is 0 Å². The summed E-state index contributed by atoms with van der Waals surface area (Å²) in [4.78, 5) is 10.7. The molecule has 17 heavy (non-hydrogen) atoms. The summed E-state index contributed by atoms with van der Waals surface area (Å²) in [6, 6.07) is 12.4. The highest BCUT2D eigenvalue weighted by molar-refractivity contribution is 5.89. The van der Waals surface area contributed by atoms with E-state index < -0.39 is 6.09 Å². The Hall–Kier alpha value is -2.03. The molecule has 2 aromatic rings. The van der Waals surface area contributed by atoms with Gasteiger partial charge in [-0.15, -0.1) is 0 Å².